The van der Waals surface area contributed by atoms with E-state index in [-0.39, 0.29) is 6.61 Å². The highest BCUT2D eigenvalue weighted by molar-refractivity contribution is 5.82. The van der Waals surface area contributed by atoms with Crippen LogP contribution in [0.2, 0.25) is 0 Å². The van der Waals surface area contributed by atoms with Crippen LogP contribution in [0.15, 0.2) is 66.7 Å². The summed E-state index contributed by atoms with van der Waals surface area (Å²) in [6.07, 6.45) is 3.37. The second kappa shape index (κ2) is 10.3. The van der Waals surface area contributed by atoms with E-state index in [1.807, 2.05) is 72.8 Å². The Balaban J connectivity index is 1.97. The van der Waals surface area contributed by atoms with Crippen molar-refractivity contribution in [3.63, 3.8) is 0 Å². The number of ether oxygens (including phenoxy) is 2. The Hall–Kier alpha value is -3.08. The molecule has 2 aromatic rings. The van der Waals surface area contributed by atoms with Crippen molar-refractivity contribution < 1.29 is 19.1 Å². The van der Waals surface area contributed by atoms with Crippen LogP contribution in [-0.4, -0.2) is 23.7 Å². The second-order valence-electron chi connectivity index (χ2n) is 7.34. The van der Waals surface area contributed by atoms with Gasteiger partial charge in [-0.25, -0.2) is 9.59 Å². The van der Waals surface area contributed by atoms with Crippen molar-refractivity contribution in [2.45, 2.75) is 45.4 Å². The van der Waals surface area contributed by atoms with Crippen LogP contribution in [0.5, 0.6) is 0 Å². The number of esters is 1. The Bertz CT molecular complexity index is 779. The molecule has 28 heavy (non-hydrogen) atoms. The molecule has 148 valence electrons. The molecule has 5 heteroatoms. The summed E-state index contributed by atoms with van der Waals surface area (Å²) < 4.78 is 10.6. The molecule has 2 aromatic carbocycles. The third kappa shape index (κ3) is 8.08. The molecule has 0 radical (unpaired) electrons. The van der Waals surface area contributed by atoms with Crippen molar-refractivity contribution >= 4 is 18.1 Å². The Labute approximate surface area is 166 Å². The van der Waals surface area contributed by atoms with Gasteiger partial charge in [-0.1, -0.05) is 72.8 Å². The minimum atomic E-state index is -0.831. The van der Waals surface area contributed by atoms with Gasteiger partial charge in [-0.2, -0.15) is 0 Å². The maximum Gasteiger partial charge on any atom is 0.408 e. The molecule has 0 aliphatic heterocycles. The maximum absolute atomic E-state index is 12.5. The molecule has 0 heterocycles. The van der Waals surface area contributed by atoms with Crippen LogP contribution in [0.1, 0.15) is 38.3 Å². The number of amides is 1. The fourth-order valence-corrected chi connectivity index (χ4v) is 2.40. The zero-order valence-corrected chi connectivity index (χ0v) is 16.6. The largest absolute Gasteiger partial charge is 0.458 e. The smallest absolute Gasteiger partial charge is 0.408 e. The summed E-state index contributed by atoms with van der Waals surface area (Å²) >= 11 is 0. The lowest BCUT2D eigenvalue weighted by Gasteiger charge is -2.24. The predicted octanol–water partition coefficient (Wildman–Crippen LogP) is 4.73. The number of carbonyl (C=O) groups excluding carboxylic acids is 2. The standard InChI is InChI=1S/C23H27NO4/c1-23(2,3)28-21(25)20(16-10-15-18-11-6-4-7-12-18)24-22(26)27-17-19-13-8-5-9-14-19/h4-15,20H,16-17H2,1-3H3,(H,24,26)/b15-10+/t20-/m0/s1. The van der Waals surface area contributed by atoms with Crippen LogP contribution in [0, 0.1) is 0 Å². The van der Waals surface area contributed by atoms with Gasteiger partial charge in [0.1, 0.15) is 18.2 Å². The molecule has 0 saturated carbocycles. The Morgan fingerprint density at radius 3 is 2.21 bits per heavy atom. The fourth-order valence-electron chi connectivity index (χ4n) is 2.40. The number of hydrogen-bond acceptors (Lipinski definition) is 4. The SMILES string of the molecule is CC(C)(C)OC(=O)[C@H](C/C=C/c1ccccc1)NC(=O)OCc1ccccc1. The van der Waals surface area contributed by atoms with Crippen LogP contribution < -0.4 is 5.32 Å². The van der Waals surface area contributed by atoms with Crippen LogP contribution in [0.4, 0.5) is 4.79 Å². The van der Waals surface area contributed by atoms with Crippen molar-refractivity contribution in [1.82, 2.24) is 5.32 Å². The molecule has 1 amide bonds. The summed E-state index contributed by atoms with van der Waals surface area (Å²) in [5.74, 6) is -0.498. The topological polar surface area (TPSA) is 64.6 Å². The molecule has 0 saturated heterocycles. The molecule has 0 aliphatic carbocycles. The number of hydrogen-bond donors (Lipinski definition) is 1. The van der Waals surface area contributed by atoms with E-state index in [0.29, 0.717) is 6.42 Å². The number of nitrogens with one attached hydrogen (secondary N) is 1. The molecule has 1 atom stereocenters. The summed E-state index contributed by atoms with van der Waals surface area (Å²) in [6, 6.07) is 18.2. The monoisotopic (exact) mass is 381 g/mol. The normalized spacial score (nSPS) is 12.4. The summed E-state index contributed by atoms with van der Waals surface area (Å²) in [5.41, 5.74) is 1.24. The summed E-state index contributed by atoms with van der Waals surface area (Å²) in [5, 5.41) is 2.61. The van der Waals surface area contributed by atoms with E-state index in [1.165, 1.54) is 0 Å². The highest BCUT2D eigenvalue weighted by Gasteiger charge is 2.26. The zero-order chi connectivity index (χ0) is 20.4. The lowest BCUT2D eigenvalue weighted by molar-refractivity contribution is -0.157. The average molecular weight is 381 g/mol. The van der Waals surface area contributed by atoms with Gasteiger partial charge in [-0.15, -0.1) is 0 Å². The lowest BCUT2D eigenvalue weighted by atomic mass is 10.1. The van der Waals surface area contributed by atoms with Gasteiger partial charge in [-0.05, 0) is 38.3 Å². The van der Waals surface area contributed by atoms with Gasteiger partial charge in [0.25, 0.3) is 0 Å². The molecule has 0 aliphatic rings. The molecule has 0 unspecified atom stereocenters. The van der Waals surface area contributed by atoms with E-state index in [2.05, 4.69) is 5.32 Å². The van der Waals surface area contributed by atoms with Gasteiger partial charge in [0.15, 0.2) is 0 Å². The third-order valence-electron chi connectivity index (χ3n) is 3.68. The highest BCUT2D eigenvalue weighted by Crippen LogP contribution is 2.11. The molecule has 0 aromatic heterocycles. The van der Waals surface area contributed by atoms with Crippen LogP contribution in [0.3, 0.4) is 0 Å². The van der Waals surface area contributed by atoms with E-state index in [0.717, 1.165) is 11.1 Å². The van der Waals surface area contributed by atoms with Crippen LogP contribution in [-0.2, 0) is 20.9 Å². The zero-order valence-electron chi connectivity index (χ0n) is 16.6. The van der Waals surface area contributed by atoms with Gasteiger partial charge in [0.2, 0.25) is 0 Å². The first-order chi connectivity index (χ1) is 13.3. The van der Waals surface area contributed by atoms with Gasteiger partial charge >= 0.3 is 12.1 Å². The number of carbonyl (C=O) groups is 2. The minimum absolute atomic E-state index is 0.133. The van der Waals surface area contributed by atoms with E-state index < -0.39 is 23.7 Å². The first kappa shape index (κ1) is 21.2. The van der Waals surface area contributed by atoms with Crippen molar-refractivity contribution in [1.29, 1.82) is 0 Å². The molecule has 0 spiro atoms. The lowest BCUT2D eigenvalue weighted by Crippen LogP contribution is -2.44. The van der Waals surface area contributed by atoms with Crippen LogP contribution in [0.25, 0.3) is 6.08 Å². The van der Waals surface area contributed by atoms with Gasteiger partial charge in [-0.3, -0.25) is 0 Å². The summed E-state index contributed by atoms with van der Waals surface area (Å²) in [7, 11) is 0. The number of alkyl carbamates (subject to hydrolysis) is 1. The summed E-state index contributed by atoms with van der Waals surface area (Å²) in [4.78, 5) is 24.6. The number of rotatable bonds is 7. The van der Waals surface area contributed by atoms with E-state index in [4.69, 9.17) is 9.47 Å². The molecule has 2 rings (SSSR count). The molecular weight excluding hydrogens is 354 g/mol. The molecule has 0 bridgehead atoms. The average Bonchev–Trinajstić information content (AvgIpc) is 2.66. The van der Waals surface area contributed by atoms with Crippen molar-refractivity contribution in [2.75, 3.05) is 0 Å². The van der Waals surface area contributed by atoms with Crippen LogP contribution >= 0.6 is 0 Å². The summed E-state index contributed by atoms with van der Waals surface area (Å²) in [6.45, 7) is 5.49. The predicted molar refractivity (Wildman–Crippen MR) is 109 cm³/mol. The van der Waals surface area contributed by atoms with Crippen molar-refractivity contribution in [3.05, 3.63) is 77.9 Å². The fraction of sp³-hybridized carbons (Fsp3) is 0.304. The van der Waals surface area contributed by atoms with Crippen molar-refractivity contribution in [3.8, 4) is 0 Å². The van der Waals surface area contributed by atoms with E-state index in [9.17, 15) is 9.59 Å². The minimum Gasteiger partial charge on any atom is -0.458 e. The molecule has 5 nitrogen and oxygen atoms in total. The molecular formula is C23H27NO4. The third-order valence-corrected chi connectivity index (χ3v) is 3.68. The Morgan fingerprint density at radius 1 is 1.00 bits per heavy atom. The maximum atomic E-state index is 12.5. The van der Waals surface area contributed by atoms with Gasteiger partial charge in [0, 0.05) is 0 Å². The molecule has 1 N–H and O–H groups in total. The second-order valence-corrected chi connectivity index (χ2v) is 7.34. The van der Waals surface area contributed by atoms with Crippen molar-refractivity contribution in [2.24, 2.45) is 0 Å². The highest BCUT2D eigenvalue weighted by atomic mass is 16.6. The quantitative estimate of drug-likeness (QED) is 0.705. The van der Waals surface area contributed by atoms with E-state index in [1.54, 1.807) is 20.8 Å². The first-order valence-corrected chi connectivity index (χ1v) is 9.25. The Kier molecular flexibility index (Phi) is 7.81. The van der Waals surface area contributed by atoms with Gasteiger partial charge < -0.3 is 14.8 Å². The van der Waals surface area contributed by atoms with E-state index >= 15 is 0 Å². The number of benzene rings is 2. The van der Waals surface area contributed by atoms with Gasteiger partial charge in [0.05, 0.1) is 0 Å². The molecule has 0 fully saturated rings. The first-order valence-electron chi connectivity index (χ1n) is 9.25. The Morgan fingerprint density at radius 2 is 1.61 bits per heavy atom.